The van der Waals surface area contributed by atoms with E-state index in [0.717, 1.165) is 19.3 Å². The summed E-state index contributed by atoms with van der Waals surface area (Å²) in [5.74, 6) is -1.38. The smallest absolute Gasteiger partial charge is 0.309 e. The van der Waals surface area contributed by atoms with Crippen LogP contribution < -0.4 is 5.32 Å². The van der Waals surface area contributed by atoms with E-state index in [1.165, 1.54) is 7.11 Å². The van der Waals surface area contributed by atoms with Gasteiger partial charge in [0.15, 0.2) is 0 Å². The summed E-state index contributed by atoms with van der Waals surface area (Å²) in [6.07, 6.45) is 9.64. The molecular weight excluding hydrogens is 338 g/mol. The molecule has 0 unspecified atom stereocenters. The molecule has 2 aliphatic rings. The van der Waals surface area contributed by atoms with E-state index in [0.29, 0.717) is 6.47 Å². The first-order valence-corrected chi connectivity index (χ1v) is 8.92. The summed E-state index contributed by atoms with van der Waals surface area (Å²) in [7, 11) is 1.31. The number of amides is 1. The Hall–Kier alpha value is -2.15. The molecular formula is C19H27NO6. The predicted octanol–water partition coefficient (Wildman–Crippen LogP) is 1.26. The molecule has 1 heterocycles. The molecule has 0 bridgehead atoms. The van der Waals surface area contributed by atoms with Gasteiger partial charge in [0.05, 0.1) is 31.6 Å². The number of hydrogen-bond donors (Lipinski definition) is 2. The van der Waals surface area contributed by atoms with Crippen molar-refractivity contribution in [3.8, 4) is 0 Å². The lowest BCUT2D eigenvalue weighted by atomic mass is 9.77. The van der Waals surface area contributed by atoms with Crippen molar-refractivity contribution in [2.24, 2.45) is 11.8 Å². The number of allylic oxidation sites excluding steroid dienone is 2. The zero-order chi connectivity index (χ0) is 19.2. The zero-order valence-corrected chi connectivity index (χ0v) is 15.2. The SMILES string of the molecule is COC(=O)C/C=C/C[C@H]1C(=O)N[C@@H]([C@@H](O)[C@@H]2C=CCCC2)[C@@]1(C)OC=O. The monoisotopic (exact) mass is 365 g/mol. The van der Waals surface area contributed by atoms with Crippen LogP contribution in [0.1, 0.15) is 39.0 Å². The van der Waals surface area contributed by atoms with E-state index in [1.54, 1.807) is 19.1 Å². The molecule has 0 aromatic rings. The van der Waals surface area contributed by atoms with Gasteiger partial charge in [0.2, 0.25) is 5.91 Å². The third-order valence-corrected chi connectivity index (χ3v) is 5.35. The van der Waals surface area contributed by atoms with Crippen LogP contribution in [0.4, 0.5) is 0 Å². The Kier molecular flexibility index (Phi) is 6.97. The third-order valence-electron chi connectivity index (χ3n) is 5.35. The van der Waals surface area contributed by atoms with Crippen LogP contribution in [0.25, 0.3) is 0 Å². The van der Waals surface area contributed by atoms with Crippen molar-refractivity contribution in [1.82, 2.24) is 5.32 Å². The summed E-state index contributed by atoms with van der Waals surface area (Å²) in [5.41, 5.74) is -1.17. The molecule has 0 radical (unpaired) electrons. The van der Waals surface area contributed by atoms with Crippen LogP contribution in [0.2, 0.25) is 0 Å². The Labute approximate surface area is 153 Å². The van der Waals surface area contributed by atoms with Gasteiger partial charge in [-0.15, -0.1) is 0 Å². The molecule has 1 aliphatic carbocycles. The van der Waals surface area contributed by atoms with Crippen molar-refractivity contribution in [2.45, 2.75) is 56.8 Å². The quantitative estimate of drug-likeness (QED) is 0.381. The Bertz CT molecular complexity index is 587. The highest BCUT2D eigenvalue weighted by Gasteiger charge is 2.56. The van der Waals surface area contributed by atoms with E-state index in [1.807, 2.05) is 12.2 Å². The molecule has 1 aliphatic heterocycles. The lowest BCUT2D eigenvalue weighted by Gasteiger charge is -2.37. The Morgan fingerprint density at radius 2 is 2.27 bits per heavy atom. The van der Waals surface area contributed by atoms with E-state index in [-0.39, 0.29) is 30.6 Å². The summed E-state index contributed by atoms with van der Waals surface area (Å²) in [5, 5.41) is 13.6. The number of esters is 1. The summed E-state index contributed by atoms with van der Waals surface area (Å²) in [6.45, 7) is 1.99. The molecule has 1 saturated heterocycles. The molecule has 0 saturated carbocycles. The van der Waals surface area contributed by atoms with Gasteiger partial charge in [-0.2, -0.15) is 0 Å². The summed E-state index contributed by atoms with van der Waals surface area (Å²) in [4.78, 5) is 34.7. The number of aliphatic hydroxyl groups excluding tert-OH is 1. The number of carbonyl (C=O) groups excluding carboxylic acids is 3. The molecule has 7 nitrogen and oxygen atoms in total. The standard InChI is InChI=1S/C19H27NO6/c1-19(26-12-21)14(10-6-7-11-15(22)25-2)18(24)20-17(19)16(23)13-8-4-3-5-9-13/h4,6-8,12-14,16-17,23H,3,5,9-11H2,1-2H3,(H,20,24)/b7-6+/t13-,14+,16+,17+,19+/m1/s1. The minimum Gasteiger partial charge on any atom is -0.469 e. The maximum absolute atomic E-state index is 12.5. The van der Waals surface area contributed by atoms with Gasteiger partial charge < -0.3 is 19.9 Å². The van der Waals surface area contributed by atoms with Crippen LogP contribution in [-0.2, 0) is 23.9 Å². The number of methoxy groups -OCH3 is 1. The molecule has 144 valence electrons. The highest BCUT2D eigenvalue weighted by Crippen LogP contribution is 2.38. The fourth-order valence-electron chi connectivity index (χ4n) is 3.76. The number of ether oxygens (including phenoxy) is 2. The largest absolute Gasteiger partial charge is 0.469 e. The van der Waals surface area contributed by atoms with Crippen LogP contribution >= 0.6 is 0 Å². The Morgan fingerprint density at radius 1 is 1.50 bits per heavy atom. The van der Waals surface area contributed by atoms with Crippen molar-refractivity contribution in [2.75, 3.05) is 7.11 Å². The number of aliphatic hydroxyl groups is 1. The minimum atomic E-state index is -1.17. The average Bonchev–Trinajstić information content (AvgIpc) is 2.89. The van der Waals surface area contributed by atoms with Crippen molar-refractivity contribution in [3.63, 3.8) is 0 Å². The molecule has 5 atom stereocenters. The summed E-state index contributed by atoms with van der Waals surface area (Å²) >= 11 is 0. The molecule has 2 rings (SSSR count). The molecule has 0 aromatic heterocycles. The van der Waals surface area contributed by atoms with Gasteiger partial charge in [0.1, 0.15) is 5.60 Å². The fourth-order valence-corrected chi connectivity index (χ4v) is 3.76. The van der Waals surface area contributed by atoms with Crippen molar-refractivity contribution >= 4 is 18.3 Å². The lowest BCUT2D eigenvalue weighted by Crippen LogP contribution is -2.54. The first-order valence-electron chi connectivity index (χ1n) is 8.92. The van der Waals surface area contributed by atoms with Crippen molar-refractivity contribution in [1.29, 1.82) is 0 Å². The maximum Gasteiger partial charge on any atom is 0.309 e. The van der Waals surface area contributed by atoms with Gasteiger partial charge in [-0.05, 0) is 32.6 Å². The maximum atomic E-state index is 12.5. The average molecular weight is 365 g/mol. The summed E-state index contributed by atoms with van der Waals surface area (Å²) < 4.78 is 9.88. The van der Waals surface area contributed by atoms with E-state index in [2.05, 4.69) is 10.1 Å². The van der Waals surface area contributed by atoms with E-state index >= 15 is 0 Å². The third kappa shape index (κ3) is 4.33. The van der Waals surface area contributed by atoms with Gasteiger partial charge >= 0.3 is 5.97 Å². The topological polar surface area (TPSA) is 102 Å². The molecule has 7 heteroatoms. The molecule has 2 N–H and O–H groups in total. The van der Waals surface area contributed by atoms with Gasteiger partial charge in [-0.3, -0.25) is 14.4 Å². The lowest BCUT2D eigenvalue weighted by molar-refractivity contribution is -0.152. The molecule has 1 amide bonds. The molecule has 0 spiro atoms. The van der Waals surface area contributed by atoms with Gasteiger partial charge in [-0.25, -0.2) is 0 Å². The fraction of sp³-hybridized carbons (Fsp3) is 0.632. The van der Waals surface area contributed by atoms with E-state index in [9.17, 15) is 19.5 Å². The van der Waals surface area contributed by atoms with Crippen LogP contribution in [0.15, 0.2) is 24.3 Å². The van der Waals surface area contributed by atoms with Crippen molar-refractivity contribution < 1.29 is 29.0 Å². The normalized spacial score (nSPS) is 32.3. The summed E-state index contributed by atoms with van der Waals surface area (Å²) in [6, 6.07) is -0.688. The van der Waals surface area contributed by atoms with Gasteiger partial charge in [0, 0.05) is 5.92 Å². The van der Waals surface area contributed by atoms with Crippen LogP contribution in [-0.4, -0.2) is 48.3 Å². The molecule has 1 fully saturated rings. The zero-order valence-electron chi connectivity index (χ0n) is 15.2. The second-order valence-corrected chi connectivity index (χ2v) is 6.94. The van der Waals surface area contributed by atoms with Crippen molar-refractivity contribution in [3.05, 3.63) is 24.3 Å². The number of nitrogens with one attached hydrogen (secondary N) is 1. The molecule has 26 heavy (non-hydrogen) atoms. The highest BCUT2D eigenvalue weighted by atomic mass is 16.5. The number of carbonyl (C=O) groups is 3. The minimum absolute atomic E-state index is 0.0859. The molecule has 0 aromatic carbocycles. The predicted molar refractivity (Wildman–Crippen MR) is 93.9 cm³/mol. The highest BCUT2D eigenvalue weighted by molar-refractivity contribution is 5.84. The number of rotatable bonds is 8. The van der Waals surface area contributed by atoms with Gasteiger partial charge in [-0.1, -0.05) is 24.3 Å². The number of hydrogen-bond acceptors (Lipinski definition) is 6. The Balaban J connectivity index is 2.13. The first kappa shape index (κ1) is 20.2. The second kappa shape index (κ2) is 8.98. The first-order chi connectivity index (χ1) is 12.4. The van der Waals surface area contributed by atoms with E-state index in [4.69, 9.17) is 4.74 Å². The Morgan fingerprint density at radius 3 is 2.88 bits per heavy atom. The second-order valence-electron chi connectivity index (χ2n) is 6.94. The van der Waals surface area contributed by atoms with Gasteiger partial charge in [0.25, 0.3) is 6.47 Å². The van der Waals surface area contributed by atoms with E-state index < -0.39 is 23.7 Å². The van der Waals surface area contributed by atoms with Crippen LogP contribution in [0, 0.1) is 11.8 Å². The van der Waals surface area contributed by atoms with Crippen LogP contribution in [0.3, 0.4) is 0 Å². The van der Waals surface area contributed by atoms with Crippen LogP contribution in [0.5, 0.6) is 0 Å².